The lowest BCUT2D eigenvalue weighted by Crippen LogP contribution is -3.43. The summed E-state index contributed by atoms with van der Waals surface area (Å²) in [5.74, 6) is -3.85. The summed E-state index contributed by atoms with van der Waals surface area (Å²) in [5, 5.41) is 41.2. The van der Waals surface area contributed by atoms with Crippen LogP contribution in [0.15, 0.2) is 24.3 Å². The predicted molar refractivity (Wildman–Crippen MR) is 271 cm³/mol. The van der Waals surface area contributed by atoms with Crippen LogP contribution >= 0.6 is 0 Å². The molecule has 0 spiro atoms. The van der Waals surface area contributed by atoms with E-state index in [0.717, 1.165) is 50.5 Å². The minimum Gasteiger partial charge on any atom is -0.702 e. The zero-order chi connectivity index (χ0) is 54.4. The number of nitrogens with two attached hydrogens (primary N) is 1. The third-order valence-corrected chi connectivity index (χ3v) is 12.4. The van der Waals surface area contributed by atoms with E-state index in [1.54, 1.807) is 12.1 Å². The molecule has 1 rings (SSSR count). The predicted octanol–water partition coefficient (Wildman–Crippen LogP) is -0.365. The molecule has 1 aromatic carbocycles. The average molecular weight is 1160 g/mol. The van der Waals surface area contributed by atoms with Crippen molar-refractivity contribution in [2.75, 3.05) is 79.0 Å². The van der Waals surface area contributed by atoms with Gasteiger partial charge in [-0.05, 0) is 62.6 Å². The highest BCUT2D eigenvalue weighted by atomic mass is 127. The van der Waals surface area contributed by atoms with E-state index in [4.69, 9.17) is 29.8 Å². The van der Waals surface area contributed by atoms with Gasteiger partial charge in [0.1, 0.15) is 25.0 Å². The van der Waals surface area contributed by atoms with Crippen molar-refractivity contribution >= 4 is 47.3 Å². The second-order valence-electron chi connectivity index (χ2n) is 18.1. The van der Waals surface area contributed by atoms with Gasteiger partial charge >= 0.3 is 11.9 Å². The zero-order valence-corrected chi connectivity index (χ0v) is 45.4. The summed E-state index contributed by atoms with van der Waals surface area (Å²) >= 11 is 1.92. The van der Waals surface area contributed by atoms with Crippen molar-refractivity contribution in [2.24, 2.45) is 5.73 Å². The molecular formula is C51H86IN7O15-. The Bertz CT molecular complexity index is 1730. The van der Waals surface area contributed by atoms with Gasteiger partial charge in [0.2, 0.25) is 29.5 Å². The van der Waals surface area contributed by atoms with Gasteiger partial charge in [-0.1, -0.05) is 89.2 Å². The molecule has 0 aliphatic carbocycles. The Labute approximate surface area is 450 Å². The molecule has 11 N–H and O–H groups in total. The molecule has 0 saturated heterocycles. The first-order valence-electron chi connectivity index (χ1n) is 26.3. The van der Waals surface area contributed by atoms with Gasteiger partial charge in [-0.15, -0.1) is 0 Å². The zero-order valence-electron chi connectivity index (χ0n) is 43.3. The summed E-state index contributed by atoms with van der Waals surface area (Å²) in [4.78, 5) is 95.7. The molecule has 74 heavy (non-hydrogen) atoms. The van der Waals surface area contributed by atoms with Crippen LogP contribution in [0.25, 0.3) is 0 Å². The fourth-order valence-electron chi connectivity index (χ4n) is 7.43. The minimum absolute atomic E-state index is 0.0390. The SMILES string of the molecule is NC(=O)[C@@H](Cc1ccc(O)cc1)NCC(=O)[C@@H](CCCCNC(=O)COCCOCCNC(=O)COCCOCCNC(=O)CCC(NC(=O)CCCCCCCCCCCCCCCCC(=O)O)C(=O)O)N[I-]. The van der Waals surface area contributed by atoms with Gasteiger partial charge in [0, 0.05) is 44.9 Å². The molecule has 0 bridgehead atoms. The lowest BCUT2D eigenvalue weighted by molar-refractivity contribution is -0.449. The maximum Gasteiger partial charge on any atom is 0.326 e. The van der Waals surface area contributed by atoms with Gasteiger partial charge in [0.15, 0.2) is 5.78 Å². The van der Waals surface area contributed by atoms with Gasteiger partial charge < -0.3 is 87.7 Å². The number of carbonyl (C=O) groups excluding carboxylic acids is 6. The average Bonchev–Trinajstić information content (AvgIpc) is 3.36. The lowest BCUT2D eigenvalue weighted by atomic mass is 10.0. The van der Waals surface area contributed by atoms with Gasteiger partial charge in [0.05, 0.1) is 52.2 Å². The number of amides is 5. The number of unbranched alkanes of at least 4 members (excludes halogenated alkanes) is 14. The topological polar surface area (TPSA) is 332 Å². The van der Waals surface area contributed by atoms with Crippen LogP contribution in [-0.4, -0.2) is 160 Å². The first kappa shape index (κ1) is 67.5. The fourth-order valence-corrected chi connectivity index (χ4v) is 8.09. The van der Waals surface area contributed by atoms with Crippen LogP contribution in [0.5, 0.6) is 5.75 Å². The van der Waals surface area contributed by atoms with Crippen molar-refractivity contribution in [1.82, 2.24) is 30.1 Å². The van der Waals surface area contributed by atoms with Crippen LogP contribution in [0, 0.1) is 0 Å². The van der Waals surface area contributed by atoms with Crippen molar-refractivity contribution in [3.8, 4) is 5.75 Å². The summed E-state index contributed by atoms with van der Waals surface area (Å²) < 4.78 is 24.4. The minimum atomic E-state index is -1.19. The third kappa shape index (κ3) is 39.9. The van der Waals surface area contributed by atoms with Crippen LogP contribution in [0.4, 0.5) is 0 Å². The Morgan fingerprint density at radius 1 is 0.514 bits per heavy atom. The number of ether oxygens (including phenoxy) is 4. The molecule has 0 fully saturated rings. The standard InChI is InChI=1S/C51H86IN7O15/c52-59-41(44(61)36-57-43(50(53)68)35-39-20-22-40(60)23-21-39)17-15-16-26-54-47(64)37-73-33-32-72-30-28-56-48(65)38-74-34-31-71-29-27-55-45(62)25-24-42(51(69)70)58-46(63)18-13-11-9-7-5-3-1-2-4-6-8-10-12-14-19-49(66)67/h20-23,41-43,57,59-60H,1-19,24-38H2,(H2,53,68)(H,54,64)(H,55,62)(H,56,65)(H,58,63)(H,66,67)(H,69,70)/q-1/t41-,42?,43-/m1/s1. The normalized spacial score (nSPS) is 12.3. The number of phenolic OH excluding ortho intramolecular Hbond substituents is 1. The van der Waals surface area contributed by atoms with Crippen molar-refractivity contribution in [3.63, 3.8) is 0 Å². The molecule has 0 aromatic heterocycles. The summed E-state index contributed by atoms with van der Waals surface area (Å²) in [6.45, 7) is 1.60. The molecule has 23 heteroatoms. The molecule has 1 unspecified atom stereocenters. The molecular weight excluding hydrogens is 1080 g/mol. The first-order valence-corrected chi connectivity index (χ1v) is 27.3. The number of carboxylic acids is 2. The van der Waals surface area contributed by atoms with Gasteiger partial charge in [0.25, 0.3) is 0 Å². The summed E-state index contributed by atoms with van der Waals surface area (Å²) in [6, 6.07) is 4.04. The highest BCUT2D eigenvalue weighted by molar-refractivity contribution is 5.87. The highest BCUT2D eigenvalue weighted by Gasteiger charge is 2.22. The number of primary amides is 1. The molecule has 423 valence electrons. The number of hydrogen-bond acceptors (Lipinski definition) is 15. The van der Waals surface area contributed by atoms with Crippen LogP contribution in [0.2, 0.25) is 0 Å². The maximum atomic E-state index is 12.8. The van der Waals surface area contributed by atoms with Gasteiger partial charge in [-0.3, -0.25) is 38.9 Å². The molecule has 0 heterocycles. The molecule has 3 atom stereocenters. The quantitative estimate of drug-likeness (QED) is 0.0226. The van der Waals surface area contributed by atoms with E-state index < -0.39 is 36.0 Å². The summed E-state index contributed by atoms with van der Waals surface area (Å²) in [6.07, 6.45) is 17.4. The van der Waals surface area contributed by atoms with Gasteiger partial charge in [-0.2, -0.15) is 0 Å². The van der Waals surface area contributed by atoms with E-state index >= 15 is 0 Å². The largest absolute Gasteiger partial charge is 0.702 e. The van der Waals surface area contributed by atoms with Gasteiger partial charge in [-0.25, -0.2) is 4.79 Å². The number of aromatic hydroxyl groups is 1. The Morgan fingerprint density at radius 3 is 1.50 bits per heavy atom. The maximum absolute atomic E-state index is 12.8. The van der Waals surface area contributed by atoms with Crippen LogP contribution in [0.1, 0.15) is 140 Å². The van der Waals surface area contributed by atoms with Crippen molar-refractivity contribution in [1.29, 1.82) is 0 Å². The number of hydrogen-bond donors (Lipinski definition) is 10. The molecule has 22 nitrogen and oxygen atoms in total. The molecule has 5 amide bonds. The number of ketones is 1. The van der Waals surface area contributed by atoms with Crippen LogP contribution in [0.3, 0.4) is 0 Å². The van der Waals surface area contributed by atoms with Crippen molar-refractivity contribution < 1.29 is 95.5 Å². The number of benzene rings is 1. The smallest absolute Gasteiger partial charge is 0.326 e. The number of Topliss-reactive ketones (excluding diaryl/α,β-unsaturated/α-hetero) is 1. The second kappa shape index (κ2) is 45.8. The van der Waals surface area contributed by atoms with Crippen LogP contribution in [-0.2, 0) is 63.7 Å². The van der Waals surface area contributed by atoms with E-state index in [1.807, 2.05) is 22.9 Å². The van der Waals surface area contributed by atoms with E-state index in [0.29, 0.717) is 32.2 Å². The van der Waals surface area contributed by atoms with E-state index in [-0.39, 0.29) is 140 Å². The summed E-state index contributed by atoms with van der Waals surface area (Å²) in [5.41, 5.74) is 6.31. The van der Waals surface area contributed by atoms with Crippen molar-refractivity contribution in [3.05, 3.63) is 29.8 Å². The van der Waals surface area contributed by atoms with E-state index in [2.05, 4.69) is 30.1 Å². The highest BCUT2D eigenvalue weighted by Crippen LogP contribution is 2.15. The Balaban J connectivity index is 1.95. The number of carboxylic acid groups (broad SMARTS) is 2. The second-order valence-corrected chi connectivity index (χ2v) is 18.7. The third-order valence-electron chi connectivity index (χ3n) is 11.7. The number of rotatable bonds is 51. The molecule has 0 saturated carbocycles. The number of carbonyl (C=O) groups is 8. The Kier molecular flexibility index (Phi) is 41.8. The molecule has 0 aliphatic heterocycles. The number of phenols is 1. The van der Waals surface area contributed by atoms with Crippen molar-refractivity contribution in [2.45, 2.75) is 159 Å². The lowest BCUT2D eigenvalue weighted by Gasteiger charge is -2.23. The number of halogens is 1. The number of aliphatic carboxylic acids is 2. The molecule has 0 aliphatic rings. The Morgan fingerprint density at radius 2 is 1.00 bits per heavy atom. The number of nitrogens with one attached hydrogen (secondary N) is 6. The molecule has 1 aromatic rings. The summed E-state index contributed by atoms with van der Waals surface area (Å²) in [7, 11) is 0. The monoisotopic (exact) mass is 1160 g/mol. The first-order chi connectivity index (χ1) is 35.7. The van der Waals surface area contributed by atoms with E-state index in [9.17, 15) is 48.6 Å². The van der Waals surface area contributed by atoms with Crippen LogP contribution < -0.4 is 58.7 Å². The fraction of sp³-hybridized carbons (Fsp3) is 0.725. The Hall–Kier alpha value is -4.53. The van der Waals surface area contributed by atoms with E-state index in [1.165, 1.54) is 50.7 Å². The molecule has 1 radical (unpaired) electrons.